The lowest BCUT2D eigenvalue weighted by molar-refractivity contribution is -0.139. The smallest absolute Gasteiger partial charge is 0.335 e. The van der Waals surface area contributed by atoms with Crippen LogP contribution in [-0.4, -0.2) is 25.3 Å². The van der Waals surface area contributed by atoms with E-state index in [0.717, 1.165) is 12.8 Å². The van der Waals surface area contributed by atoms with Gasteiger partial charge in [-0.15, -0.1) is 0 Å². The van der Waals surface area contributed by atoms with E-state index in [2.05, 4.69) is 6.58 Å². The quantitative estimate of drug-likeness (QED) is 0.501. The van der Waals surface area contributed by atoms with Gasteiger partial charge in [0.25, 0.3) is 0 Å². The third-order valence-electron chi connectivity index (χ3n) is 2.36. The van der Waals surface area contributed by atoms with Crippen LogP contribution in [0.2, 0.25) is 0 Å². The third-order valence-corrected chi connectivity index (χ3v) is 2.36. The zero-order valence-electron chi connectivity index (χ0n) is 8.75. The fourth-order valence-corrected chi connectivity index (χ4v) is 1.57. The first kappa shape index (κ1) is 11.2. The summed E-state index contributed by atoms with van der Waals surface area (Å²) in [5.41, 5.74) is 0.416. The highest BCUT2D eigenvalue weighted by Gasteiger charge is 2.17. The molecule has 0 aliphatic heterocycles. The van der Waals surface area contributed by atoms with Crippen molar-refractivity contribution in [2.45, 2.75) is 38.7 Å². The monoisotopic (exact) mass is 198 g/mol. The largest absolute Gasteiger partial charge is 0.463 e. The van der Waals surface area contributed by atoms with Crippen molar-refractivity contribution in [1.82, 2.24) is 0 Å². The van der Waals surface area contributed by atoms with E-state index in [0.29, 0.717) is 24.9 Å². The average molecular weight is 198 g/mol. The predicted molar refractivity (Wildman–Crippen MR) is 54.0 cm³/mol. The van der Waals surface area contributed by atoms with Crippen LogP contribution >= 0.6 is 0 Å². The summed E-state index contributed by atoms with van der Waals surface area (Å²) in [6.07, 6.45) is 5.00. The highest BCUT2D eigenvalue weighted by molar-refractivity contribution is 5.87. The van der Waals surface area contributed by atoms with E-state index in [-0.39, 0.29) is 5.97 Å². The maximum absolute atomic E-state index is 11.1. The minimum absolute atomic E-state index is 0.309. The lowest BCUT2D eigenvalue weighted by atomic mass is 10.3. The van der Waals surface area contributed by atoms with Crippen molar-refractivity contribution in [3.63, 3.8) is 0 Å². The Morgan fingerprint density at radius 3 is 2.64 bits per heavy atom. The van der Waals surface area contributed by atoms with Crippen LogP contribution < -0.4 is 0 Å². The molecule has 0 spiro atoms. The van der Waals surface area contributed by atoms with Gasteiger partial charge in [0.1, 0.15) is 0 Å². The molecule has 0 N–H and O–H groups in total. The van der Waals surface area contributed by atoms with Gasteiger partial charge in [0.15, 0.2) is 0 Å². The van der Waals surface area contributed by atoms with Crippen LogP contribution in [-0.2, 0) is 14.3 Å². The number of rotatable bonds is 5. The molecule has 0 heterocycles. The predicted octanol–water partition coefficient (Wildman–Crippen LogP) is 2.06. The number of carbonyl (C=O) groups excluding carboxylic acids is 1. The molecule has 0 unspecified atom stereocenters. The summed E-state index contributed by atoms with van der Waals surface area (Å²) < 4.78 is 10.3. The zero-order chi connectivity index (χ0) is 10.4. The molecule has 1 saturated carbocycles. The minimum atomic E-state index is -0.342. The molecule has 14 heavy (non-hydrogen) atoms. The van der Waals surface area contributed by atoms with Gasteiger partial charge in [-0.3, -0.25) is 0 Å². The number of ether oxygens (including phenoxy) is 2. The fourth-order valence-electron chi connectivity index (χ4n) is 1.57. The molecule has 1 fully saturated rings. The Hall–Kier alpha value is -0.830. The minimum Gasteiger partial charge on any atom is -0.463 e. The van der Waals surface area contributed by atoms with Gasteiger partial charge >= 0.3 is 5.97 Å². The molecule has 3 heteroatoms. The first-order chi connectivity index (χ1) is 6.74. The highest BCUT2D eigenvalue weighted by atomic mass is 16.5. The van der Waals surface area contributed by atoms with E-state index in [9.17, 15) is 4.79 Å². The van der Waals surface area contributed by atoms with Crippen molar-refractivity contribution in [3.05, 3.63) is 12.2 Å². The van der Waals surface area contributed by atoms with Crippen LogP contribution in [0.5, 0.6) is 0 Å². The first-order valence-corrected chi connectivity index (χ1v) is 5.20. The molecular formula is C11H18O3. The SMILES string of the molecule is C=C(COC1CCCC1)C(=O)OCC. The Kier molecular flexibility index (Phi) is 4.66. The van der Waals surface area contributed by atoms with Crippen LogP contribution in [0.1, 0.15) is 32.6 Å². The molecular weight excluding hydrogens is 180 g/mol. The second-order valence-electron chi connectivity index (χ2n) is 3.54. The number of esters is 1. The molecule has 0 amide bonds. The standard InChI is InChI=1S/C11H18O3/c1-3-13-11(12)9(2)8-14-10-6-4-5-7-10/h10H,2-8H2,1H3. The second kappa shape index (κ2) is 5.81. The molecule has 0 radical (unpaired) electrons. The molecule has 0 aromatic carbocycles. The molecule has 0 saturated heterocycles. The fraction of sp³-hybridized carbons (Fsp3) is 0.727. The molecule has 0 atom stereocenters. The van der Waals surface area contributed by atoms with E-state index < -0.39 is 0 Å². The van der Waals surface area contributed by atoms with Crippen LogP contribution in [0.3, 0.4) is 0 Å². The topological polar surface area (TPSA) is 35.5 Å². The van der Waals surface area contributed by atoms with Crippen molar-refractivity contribution in [3.8, 4) is 0 Å². The van der Waals surface area contributed by atoms with Crippen molar-refractivity contribution in [2.24, 2.45) is 0 Å². The van der Waals surface area contributed by atoms with Gasteiger partial charge in [0.2, 0.25) is 0 Å². The lowest BCUT2D eigenvalue weighted by Crippen LogP contribution is -2.15. The average Bonchev–Trinajstić information content (AvgIpc) is 2.67. The molecule has 0 bridgehead atoms. The summed E-state index contributed by atoms with van der Waals surface area (Å²) in [7, 11) is 0. The number of carbonyl (C=O) groups is 1. The second-order valence-corrected chi connectivity index (χ2v) is 3.54. The Balaban J connectivity index is 2.16. The molecule has 1 aliphatic rings. The van der Waals surface area contributed by atoms with E-state index in [1.807, 2.05) is 0 Å². The summed E-state index contributed by atoms with van der Waals surface area (Å²) in [4.78, 5) is 11.1. The number of hydrogen-bond donors (Lipinski definition) is 0. The van der Waals surface area contributed by atoms with Crippen molar-refractivity contribution >= 4 is 5.97 Å². The van der Waals surface area contributed by atoms with Gasteiger partial charge in [0.05, 0.1) is 24.9 Å². The highest BCUT2D eigenvalue weighted by Crippen LogP contribution is 2.21. The van der Waals surface area contributed by atoms with Gasteiger partial charge in [0, 0.05) is 0 Å². The van der Waals surface area contributed by atoms with E-state index in [4.69, 9.17) is 9.47 Å². The van der Waals surface area contributed by atoms with Crippen LogP contribution in [0.4, 0.5) is 0 Å². The van der Waals surface area contributed by atoms with Crippen LogP contribution in [0, 0.1) is 0 Å². The van der Waals surface area contributed by atoms with E-state index in [1.165, 1.54) is 12.8 Å². The zero-order valence-corrected chi connectivity index (χ0v) is 8.75. The lowest BCUT2D eigenvalue weighted by Gasteiger charge is -2.11. The Bertz CT molecular complexity index is 205. The van der Waals surface area contributed by atoms with Gasteiger partial charge in [-0.2, -0.15) is 0 Å². The first-order valence-electron chi connectivity index (χ1n) is 5.20. The third kappa shape index (κ3) is 3.50. The summed E-state index contributed by atoms with van der Waals surface area (Å²) >= 11 is 0. The Morgan fingerprint density at radius 2 is 2.07 bits per heavy atom. The molecule has 80 valence electrons. The van der Waals surface area contributed by atoms with Gasteiger partial charge < -0.3 is 9.47 Å². The maximum atomic E-state index is 11.1. The van der Waals surface area contributed by atoms with E-state index in [1.54, 1.807) is 6.92 Å². The Labute approximate surface area is 85.1 Å². The number of hydrogen-bond acceptors (Lipinski definition) is 3. The molecule has 1 aliphatic carbocycles. The summed E-state index contributed by atoms with van der Waals surface area (Å²) in [6, 6.07) is 0. The van der Waals surface area contributed by atoms with Crippen molar-refractivity contribution < 1.29 is 14.3 Å². The molecule has 1 rings (SSSR count). The van der Waals surface area contributed by atoms with Crippen molar-refractivity contribution in [1.29, 1.82) is 0 Å². The summed E-state index contributed by atoms with van der Waals surface area (Å²) in [5.74, 6) is -0.342. The normalized spacial score (nSPS) is 16.9. The van der Waals surface area contributed by atoms with Crippen molar-refractivity contribution in [2.75, 3.05) is 13.2 Å². The van der Waals surface area contributed by atoms with Gasteiger partial charge in [-0.1, -0.05) is 19.4 Å². The molecule has 0 aromatic rings. The summed E-state index contributed by atoms with van der Waals surface area (Å²) in [5, 5.41) is 0. The Morgan fingerprint density at radius 1 is 1.43 bits per heavy atom. The molecule has 3 nitrogen and oxygen atoms in total. The van der Waals surface area contributed by atoms with Gasteiger partial charge in [-0.05, 0) is 19.8 Å². The van der Waals surface area contributed by atoms with Crippen LogP contribution in [0.25, 0.3) is 0 Å². The van der Waals surface area contributed by atoms with E-state index >= 15 is 0 Å². The maximum Gasteiger partial charge on any atom is 0.335 e. The summed E-state index contributed by atoms with van der Waals surface area (Å²) in [6.45, 7) is 6.11. The molecule has 0 aromatic heterocycles. The van der Waals surface area contributed by atoms with Crippen LogP contribution in [0.15, 0.2) is 12.2 Å². The van der Waals surface area contributed by atoms with Gasteiger partial charge in [-0.25, -0.2) is 4.79 Å².